The van der Waals surface area contributed by atoms with Crippen LogP contribution in [0.1, 0.15) is 36.1 Å². The molecule has 1 saturated carbocycles. The molecule has 0 atom stereocenters. The smallest absolute Gasteiger partial charge is 0.137 e. The summed E-state index contributed by atoms with van der Waals surface area (Å²) in [6.45, 7) is 2.02. The maximum atomic E-state index is 5.96. The molecule has 2 N–H and O–H groups in total. The quantitative estimate of drug-likeness (QED) is 0.818. The van der Waals surface area contributed by atoms with E-state index >= 15 is 0 Å². The zero-order valence-electron chi connectivity index (χ0n) is 9.93. The van der Waals surface area contributed by atoms with Crippen molar-refractivity contribution in [3.8, 4) is 0 Å². The van der Waals surface area contributed by atoms with Gasteiger partial charge in [0.05, 0.1) is 0 Å². The Balaban J connectivity index is 1.93. The highest BCUT2D eigenvalue weighted by molar-refractivity contribution is 5.47. The number of anilines is 1. The molecule has 1 aromatic carbocycles. The van der Waals surface area contributed by atoms with E-state index in [0.717, 1.165) is 29.3 Å². The predicted molar refractivity (Wildman–Crippen MR) is 66.7 cm³/mol. The molecule has 1 fully saturated rings. The van der Waals surface area contributed by atoms with Crippen molar-refractivity contribution in [3.05, 3.63) is 41.5 Å². The summed E-state index contributed by atoms with van der Waals surface area (Å²) >= 11 is 0. The van der Waals surface area contributed by atoms with E-state index in [1.54, 1.807) is 0 Å². The summed E-state index contributed by atoms with van der Waals surface area (Å²) < 4.78 is 2.26. The third-order valence-corrected chi connectivity index (χ3v) is 3.25. The first kappa shape index (κ1) is 10.3. The topological polar surface area (TPSA) is 56.7 Å². The van der Waals surface area contributed by atoms with Crippen LogP contribution in [-0.4, -0.2) is 14.8 Å². The van der Waals surface area contributed by atoms with E-state index in [4.69, 9.17) is 5.73 Å². The van der Waals surface area contributed by atoms with E-state index in [1.165, 1.54) is 12.8 Å². The highest BCUT2D eigenvalue weighted by Gasteiger charge is 2.28. The number of aryl methyl sites for hydroxylation is 1. The molecule has 88 valence electrons. The Bertz CT molecular complexity index is 540. The van der Waals surface area contributed by atoms with Crippen LogP contribution in [0.3, 0.4) is 0 Å². The lowest BCUT2D eigenvalue weighted by Crippen LogP contribution is -2.05. The Morgan fingerprint density at radius 2 is 2.06 bits per heavy atom. The molecular formula is C13H16N4. The van der Waals surface area contributed by atoms with Crippen molar-refractivity contribution < 1.29 is 0 Å². The van der Waals surface area contributed by atoms with Crippen molar-refractivity contribution in [2.24, 2.45) is 0 Å². The maximum absolute atomic E-state index is 5.96. The number of aromatic nitrogens is 3. The summed E-state index contributed by atoms with van der Waals surface area (Å²) in [5.41, 5.74) is 7.92. The number of rotatable bonds is 3. The molecule has 2 aromatic rings. The minimum atomic E-state index is 0.616. The van der Waals surface area contributed by atoms with Gasteiger partial charge in [-0.25, -0.2) is 0 Å². The summed E-state index contributed by atoms with van der Waals surface area (Å²) in [7, 11) is 0. The third kappa shape index (κ3) is 1.90. The summed E-state index contributed by atoms with van der Waals surface area (Å²) in [4.78, 5) is 0. The number of benzene rings is 1. The Hall–Kier alpha value is -1.84. The van der Waals surface area contributed by atoms with E-state index in [0.29, 0.717) is 6.04 Å². The van der Waals surface area contributed by atoms with E-state index < -0.39 is 0 Å². The average Bonchev–Trinajstić information content (AvgIpc) is 3.08. The minimum absolute atomic E-state index is 0.616. The van der Waals surface area contributed by atoms with Gasteiger partial charge in [0.1, 0.15) is 11.6 Å². The van der Waals surface area contributed by atoms with Gasteiger partial charge in [-0.1, -0.05) is 18.2 Å². The Kier molecular flexibility index (Phi) is 2.35. The summed E-state index contributed by atoms with van der Waals surface area (Å²) in [5.74, 6) is 2.04. The lowest BCUT2D eigenvalue weighted by molar-refractivity contribution is 0.673. The van der Waals surface area contributed by atoms with Gasteiger partial charge in [0.25, 0.3) is 0 Å². The fraction of sp³-hybridized carbons (Fsp3) is 0.385. The lowest BCUT2D eigenvalue weighted by Gasteiger charge is -2.08. The Morgan fingerprint density at radius 3 is 2.76 bits per heavy atom. The van der Waals surface area contributed by atoms with E-state index in [9.17, 15) is 0 Å². The van der Waals surface area contributed by atoms with E-state index in [-0.39, 0.29) is 0 Å². The summed E-state index contributed by atoms with van der Waals surface area (Å²) in [6.07, 6.45) is 3.26. The van der Waals surface area contributed by atoms with Gasteiger partial charge < -0.3 is 10.3 Å². The fourth-order valence-electron chi connectivity index (χ4n) is 2.21. The number of nitrogens with zero attached hydrogens (tertiary/aromatic N) is 3. The maximum Gasteiger partial charge on any atom is 0.137 e. The van der Waals surface area contributed by atoms with Gasteiger partial charge in [0, 0.05) is 18.2 Å². The monoisotopic (exact) mass is 228 g/mol. The first-order valence-electron chi connectivity index (χ1n) is 5.99. The number of nitrogen functional groups attached to an aromatic ring is 1. The van der Waals surface area contributed by atoms with Gasteiger partial charge in [-0.2, -0.15) is 0 Å². The fourth-order valence-corrected chi connectivity index (χ4v) is 2.21. The highest BCUT2D eigenvalue weighted by atomic mass is 15.3. The highest BCUT2D eigenvalue weighted by Crippen LogP contribution is 2.36. The van der Waals surface area contributed by atoms with Crippen LogP contribution < -0.4 is 5.73 Å². The number of hydrogen-bond donors (Lipinski definition) is 1. The molecule has 1 aromatic heterocycles. The second-order valence-electron chi connectivity index (χ2n) is 4.64. The molecule has 0 aliphatic heterocycles. The SMILES string of the molecule is Cc1nnc(Cc2ccccc2N)n1C1CC1. The second kappa shape index (κ2) is 3.87. The van der Waals surface area contributed by atoms with E-state index in [1.807, 2.05) is 25.1 Å². The van der Waals surface area contributed by atoms with Gasteiger partial charge in [-0.3, -0.25) is 0 Å². The molecule has 3 rings (SSSR count). The molecule has 17 heavy (non-hydrogen) atoms. The van der Waals surface area contributed by atoms with Gasteiger partial charge >= 0.3 is 0 Å². The minimum Gasteiger partial charge on any atom is -0.398 e. The molecule has 1 heterocycles. The lowest BCUT2D eigenvalue weighted by atomic mass is 10.1. The first-order valence-corrected chi connectivity index (χ1v) is 5.99. The second-order valence-corrected chi connectivity index (χ2v) is 4.64. The van der Waals surface area contributed by atoms with Crippen LogP contribution in [0.15, 0.2) is 24.3 Å². The molecule has 1 aliphatic carbocycles. The van der Waals surface area contributed by atoms with Crippen LogP contribution in [0.4, 0.5) is 5.69 Å². The van der Waals surface area contributed by atoms with Gasteiger partial charge in [-0.05, 0) is 31.4 Å². The summed E-state index contributed by atoms with van der Waals surface area (Å²) in [6, 6.07) is 8.56. The number of para-hydroxylation sites is 1. The zero-order chi connectivity index (χ0) is 11.8. The van der Waals surface area contributed by atoms with Crippen LogP contribution in [0.25, 0.3) is 0 Å². The molecule has 0 saturated heterocycles. The van der Waals surface area contributed by atoms with Crippen LogP contribution >= 0.6 is 0 Å². The number of nitrogens with two attached hydrogens (primary N) is 1. The van der Waals surface area contributed by atoms with Crippen molar-refractivity contribution in [1.82, 2.24) is 14.8 Å². The summed E-state index contributed by atoms with van der Waals surface area (Å²) in [5, 5.41) is 8.45. The molecule has 4 nitrogen and oxygen atoms in total. The molecule has 0 amide bonds. The molecule has 0 spiro atoms. The Morgan fingerprint density at radius 1 is 1.29 bits per heavy atom. The van der Waals surface area contributed by atoms with Gasteiger partial charge in [0.15, 0.2) is 0 Å². The molecular weight excluding hydrogens is 212 g/mol. The predicted octanol–water partition coefficient (Wildman–Crippen LogP) is 2.09. The van der Waals surface area contributed by atoms with Gasteiger partial charge in [-0.15, -0.1) is 10.2 Å². The Labute approximate surface area is 100 Å². The van der Waals surface area contributed by atoms with Crippen LogP contribution in [0.5, 0.6) is 0 Å². The van der Waals surface area contributed by atoms with Crippen molar-refractivity contribution in [3.63, 3.8) is 0 Å². The number of hydrogen-bond acceptors (Lipinski definition) is 3. The normalized spacial score (nSPS) is 15.1. The molecule has 0 radical (unpaired) electrons. The van der Waals surface area contributed by atoms with Crippen LogP contribution in [0.2, 0.25) is 0 Å². The molecule has 4 heteroatoms. The van der Waals surface area contributed by atoms with Crippen LogP contribution in [0, 0.1) is 6.92 Å². The zero-order valence-corrected chi connectivity index (χ0v) is 9.93. The van der Waals surface area contributed by atoms with Crippen molar-refractivity contribution in [2.75, 3.05) is 5.73 Å². The van der Waals surface area contributed by atoms with Gasteiger partial charge in [0.2, 0.25) is 0 Å². The average molecular weight is 228 g/mol. The van der Waals surface area contributed by atoms with Crippen LogP contribution in [-0.2, 0) is 6.42 Å². The largest absolute Gasteiger partial charge is 0.398 e. The molecule has 0 bridgehead atoms. The standard InChI is InChI=1S/C13H16N4/c1-9-15-16-13(17(9)11-6-7-11)8-10-4-2-3-5-12(10)14/h2-5,11H,6-8,14H2,1H3. The van der Waals surface area contributed by atoms with Crippen molar-refractivity contribution in [2.45, 2.75) is 32.2 Å². The van der Waals surface area contributed by atoms with Crippen molar-refractivity contribution >= 4 is 5.69 Å². The van der Waals surface area contributed by atoms with Crippen molar-refractivity contribution in [1.29, 1.82) is 0 Å². The van der Waals surface area contributed by atoms with E-state index in [2.05, 4.69) is 20.8 Å². The molecule has 0 unspecified atom stereocenters. The molecule has 1 aliphatic rings. The first-order chi connectivity index (χ1) is 8.25. The third-order valence-electron chi connectivity index (χ3n) is 3.25.